The smallest absolute Gasteiger partial charge is 0.335 e. The SMILES string of the molecule is O=C(O)c1ccc(N2C(=O)C3(CC3)c3cc(OCc4ccccn4)ccc32)cc1. The number of carbonyl (C=O) groups is 2. The molecule has 144 valence electrons. The Balaban J connectivity index is 1.46. The van der Waals surface area contributed by atoms with Gasteiger partial charge in [0, 0.05) is 11.9 Å². The minimum Gasteiger partial charge on any atom is -0.487 e. The summed E-state index contributed by atoms with van der Waals surface area (Å²) >= 11 is 0. The van der Waals surface area contributed by atoms with Crippen LogP contribution in [0.25, 0.3) is 0 Å². The maximum atomic E-state index is 13.2. The van der Waals surface area contributed by atoms with Crippen molar-refractivity contribution in [3.63, 3.8) is 0 Å². The van der Waals surface area contributed by atoms with Crippen molar-refractivity contribution in [2.75, 3.05) is 4.90 Å². The molecule has 0 unspecified atom stereocenters. The predicted molar refractivity (Wildman–Crippen MR) is 106 cm³/mol. The van der Waals surface area contributed by atoms with Gasteiger partial charge in [0.15, 0.2) is 0 Å². The lowest BCUT2D eigenvalue weighted by atomic mass is 9.98. The Bertz CT molecular complexity index is 1110. The van der Waals surface area contributed by atoms with E-state index in [-0.39, 0.29) is 11.5 Å². The van der Waals surface area contributed by atoms with Crippen LogP contribution >= 0.6 is 0 Å². The van der Waals surface area contributed by atoms with Crippen LogP contribution in [0.5, 0.6) is 5.75 Å². The molecule has 1 aromatic heterocycles. The largest absolute Gasteiger partial charge is 0.487 e. The zero-order valence-electron chi connectivity index (χ0n) is 15.5. The molecule has 1 aliphatic heterocycles. The summed E-state index contributed by atoms with van der Waals surface area (Å²) < 4.78 is 5.90. The van der Waals surface area contributed by atoms with Crippen LogP contribution < -0.4 is 9.64 Å². The van der Waals surface area contributed by atoms with Gasteiger partial charge in [-0.1, -0.05) is 6.07 Å². The number of carbonyl (C=O) groups excluding carboxylic acids is 1. The highest BCUT2D eigenvalue weighted by Crippen LogP contribution is 2.59. The molecule has 1 fully saturated rings. The van der Waals surface area contributed by atoms with E-state index in [0.717, 1.165) is 29.8 Å². The van der Waals surface area contributed by atoms with Gasteiger partial charge in [0.05, 0.1) is 22.4 Å². The molecule has 6 heteroatoms. The van der Waals surface area contributed by atoms with E-state index in [1.807, 2.05) is 36.4 Å². The number of amides is 1. The molecule has 1 saturated carbocycles. The van der Waals surface area contributed by atoms with E-state index in [9.17, 15) is 9.59 Å². The van der Waals surface area contributed by atoms with Crippen LogP contribution in [0.1, 0.15) is 34.5 Å². The molecule has 1 aliphatic carbocycles. The average molecular weight is 386 g/mol. The van der Waals surface area contributed by atoms with Crippen molar-refractivity contribution >= 4 is 23.3 Å². The molecule has 2 aromatic carbocycles. The third-order valence-corrected chi connectivity index (χ3v) is 5.57. The first-order valence-corrected chi connectivity index (χ1v) is 9.44. The number of ether oxygens (including phenoxy) is 1. The summed E-state index contributed by atoms with van der Waals surface area (Å²) in [4.78, 5) is 30.3. The second kappa shape index (κ2) is 6.44. The number of benzene rings is 2. The van der Waals surface area contributed by atoms with Crippen molar-refractivity contribution in [3.05, 3.63) is 83.7 Å². The molecule has 0 radical (unpaired) electrons. The van der Waals surface area contributed by atoms with Crippen molar-refractivity contribution in [2.45, 2.75) is 24.9 Å². The number of fused-ring (bicyclic) bond motifs is 2. The first-order chi connectivity index (χ1) is 14.1. The molecule has 29 heavy (non-hydrogen) atoms. The van der Waals surface area contributed by atoms with Crippen molar-refractivity contribution < 1.29 is 19.4 Å². The van der Waals surface area contributed by atoms with Crippen LogP contribution in [0.2, 0.25) is 0 Å². The van der Waals surface area contributed by atoms with Gasteiger partial charge in [0.2, 0.25) is 5.91 Å². The summed E-state index contributed by atoms with van der Waals surface area (Å²) in [6.45, 7) is 0.362. The number of rotatable bonds is 5. The van der Waals surface area contributed by atoms with E-state index in [0.29, 0.717) is 18.0 Å². The molecule has 2 aliphatic rings. The second-order valence-corrected chi connectivity index (χ2v) is 7.36. The second-order valence-electron chi connectivity index (χ2n) is 7.36. The lowest BCUT2D eigenvalue weighted by Gasteiger charge is -2.18. The summed E-state index contributed by atoms with van der Waals surface area (Å²) in [6.07, 6.45) is 3.35. The third-order valence-electron chi connectivity index (χ3n) is 5.57. The number of pyridine rings is 1. The van der Waals surface area contributed by atoms with Gasteiger partial charge in [0.25, 0.3) is 0 Å². The van der Waals surface area contributed by atoms with Crippen molar-refractivity contribution in [2.24, 2.45) is 0 Å². The van der Waals surface area contributed by atoms with E-state index in [1.165, 1.54) is 12.1 Å². The molecule has 6 nitrogen and oxygen atoms in total. The minimum absolute atomic E-state index is 0.0393. The fourth-order valence-corrected chi connectivity index (χ4v) is 3.88. The zero-order chi connectivity index (χ0) is 20.0. The summed E-state index contributed by atoms with van der Waals surface area (Å²) in [5, 5.41) is 9.11. The number of aromatic nitrogens is 1. The molecule has 3 aromatic rings. The Hall–Kier alpha value is -3.67. The maximum absolute atomic E-state index is 13.2. The van der Waals surface area contributed by atoms with Crippen LogP contribution in [0, 0.1) is 0 Å². The number of aromatic carboxylic acids is 1. The van der Waals surface area contributed by atoms with Gasteiger partial charge in [-0.2, -0.15) is 0 Å². The van der Waals surface area contributed by atoms with Crippen molar-refractivity contribution in [1.82, 2.24) is 4.98 Å². The zero-order valence-corrected chi connectivity index (χ0v) is 15.5. The van der Waals surface area contributed by atoms with Gasteiger partial charge >= 0.3 is 5.97 Å². The van der Waals surface area contributed by atoms with Gasteiger partial charge < -0.3 is 9.84 Å². The number of hydrogen-bond acceptors (Lipinski definition) is 4. The van der Waals surface area contributed by atoms with E-state index < -0.39 is 11.4 Å². The van der Waals surface area contributed by atoms with Crippen LogP contribution in [0.15, 0.2) is 66.9 Å². The van der Waals surface area contributed by atoms with E-state index in [2.05, 4.69) is 4.98 Å². The average Bonchev–Trinajstić information content (AvgIpc) is 3.52. The van der Waals surface area contributed by atoms with E-state index in [4.69, 9.17) is 9.84 Å². The lowest BCUT2D eigenvalue weighted by Crippen LogP contribution is -2.27. The monoisotopic (exact) mass is 386 g/mol. The maximum Gasteiger partial charge on any atom is 0.335 e. The number of anilines is 2. The standard InChI is InChI=1S/C23H18N2O4/c26-21(27)15-4-6-17(7-5-15)25-20-9-8-18(29-14-16-3-1-2-12-24-16)13-19(20)23(10-11-23)22(25)28/h1-9,12-13H,10-11,14H2,(H,26,27). The van der Waals surface area contributed by atoms with Crippen LogP contribution in [-0.4, -0.2) is 22.0 Å². The molecule has 1 spiro atoms. The molecule has 0 saturated heterocycles. The summed E-state index contributed by atoms with van der Waals surface area (Å²) in [7, 11) is 0. The van der Waals surface area contributed by atoms with Gasteiger partial charge in [-0.15, -0.1) is 0 Å². The van der Waals surface area contributed by atoms with Crippen LogP contribution in [0.3, 0.4) is 0 Å². The quantitative estimate of drug-likeness (QED) is 0.715. The number of hydrogen-bond donors (Lipinski definition) is 1. The fourth-order valence-electron chi connectivity index (χ4n) is 3.88. The van der Waals surface area contributed by atoms with Gasteiger partial charge in [-0.05, 0) is 73.0 Å². The highest BCUT2D eigenvalue weighted by atomic mass is 16.5. The Morgan fingerprint density at radius 1 is 1.10 bits per heavy atom. The minimum atomic E-state index is -0.988. The van der Waals surface area contributed by atoms with Crippen molar-refractivity contribution in [3.8, 4) is 5.75 Å². The number of carboxylic acids is 1. The molecule has 1 N–H and O–H groups in total. The molecule has 0 atom stereocenters. The fraction of sp³-hybridized carbons (Fsp3) is 0.174. The molecule has 2 heterocycles. The highest BCUT2D eigenvalue weighted by Gasteiger charge is 2.59. The topological polar surface area (TPSA) is 79.7 Å². The van der Waals surface area contributed by atoms with Crippen LogP contribution in [0.4, 0.5) is 11.4 Å². The number of nitrogens with zero attached hydrogens (tertiary/aromatic N) is 2. The molecule has 0 bridgehead atoms. The number of carboxylic acid groups (broad SMARTS) is 1. The molecular formula is C23H18N2O4. The van der Waals surface area contributed by atoms with E-state index in [1.54, 1.807) is 23.2 Å². The Morgan fingerprint density at radius 3 is 2.55 bits per heavy atom. The summed E-state index contributed by atoms with van der Waals surface area (Å²) in [6, 6.07) is 17.8. The first kappa shape index (κ1) is 17.4. The molecule has 5 rings (SSSR count). The predicted octanol–water partition coefficient (Wildman–Crippen LogP) is 4.07. The van der Waals surface area contributed by atoms with Gasteiger partial charge in [0.1, 0.15) is 12.4 Å². The third kappa shape index (κ3) is 2.84. The lowest BCUT2D eigenvalue weighted by molar-refractivity contribution is -0.119. The highest BCUT2D eigenvalue weighted by molar-refractivity contribution is 6.14. The Morgan fingerprint density at radius 2 is 1.90 bits per heavy atom. The van der Waals surface area contributed by atoms with E-state index >= 15 is 0 Å². The van der Waals surface area contributed by atoms with Gasteiger partial charge in [-0.25, -0.2) is 4.79 Å². The van der Waals surface area contributed by atoms with Gasteiger partial charge in [-0.3, -0.25) is 14.7 Å². The van der Waals surface area contributed by atoms with Crippen molar-refractivity contribution in [1.29, 1.82) is 0 Å². The molecule has 1 amide bonds. The molecular weight excluding hydrogens is 368 g/mol. The Labute approximate surface area is 167 Å². The summed E-state index contributed by atoms with van der Waals surface area (Å²) in [5.41, 5.74) is 3.03. The normalized spacial score (nSPS) is 16.0. The first-order valence-electron chi connectivity index (χ1n) is 9.44. The summed E-state index contributed by atoms with van der Waals surface area (Å²) in [5.74, 6) is -0.243. The Kier molecular flexibility index (Phi) is 3.87. The van der Waals surface area contributed by atoms with Crippen LogP contribution in [-0.2, 0) is 16.8 Å².